The highest BCUT2D eigenvalue weighted by Crippen LogP contribution is 2.23. The molecule has 0 fully saturated rings. The molecule has 0 radical (unpaired) electrons. The lowest BCUT2D eigenvalue weighted by atomic mass is 10.1. The van der Waals surface area contributed by atoms with Gasteiger partial charge in [-0.1, -0.05) is 30.3 Å². The lowest BCUT2D eigenvalue weighted by molar-refractivity contribution is 0.621. The van der Waals surface area contributed by atoms with E-state index in [1.54, 1.807) is 0 Å². The first kappa shape index (κ1) is 15.8. The molecule has 0 amide bonds. The Morgan fingerprint density at radius 2 is 1.92 bits per heavy atom. The molecule has 5 nitrogen and oxygen atoms in total. The smallest absolute Gasteiger partial charge is 0.132 e. The molecule has 25 heavy (non-hydrogen) atoms. The quantitative estimate of drug-likeness (QED) is 0.736. The number of nitrogens with zero attached hydrogens (tertiary/aromatic N) is 5. The van der Waals surface area contributed by atoms with E-state index in [4.69, 9.17) is 0 Å². The largest absolute Gasteiger partial charge is 0.350 e. The molecule has 1 aliphatic rings. The number of hydrogen-bond donors (Lipinski definition) is 0. The van der Waals surface area contributed by atoms with Crippen LogP contribution in [0.3, 0.4) is 0 Å². The van der Waals surface area contributed by atoms with E-state index in [0.29, 0.717) is 0 Å². The first-order valence-electron chi connectivity index (χ1n) is 8.83. The van der Waals surface area contributed by atoms with Crippen LogP contribution < -0.4 is 4.90 Å². The highest BCUT2D eigenvalue weighted by molar-refractivity contribution is 5.42. The fraction of sp³-hybridized carbons (Fsp3) is 0.350. The summed E-state index contributed by atoms with van der Waals surface area (Å²) in [6, 6.07) is 12.7. The average molecular weight is 333 g/mol. The molecule has 3 aromatic rings. The first-order valence-corrected chi connectivity index (χ1v) is 8.83. The van der Waals surface area contributed by atoms with E-state index in [2.05, 4.69) is 60.8 Å². The summed E-state index contributed by atoms with van der Waals surface area (Å²) < 4.78 is 2.32. The van der Waals surface area contributed by atoms with Crippen LogP contribution in [0.15, 0.2) is 42.7 Å². The molecule has 5 heteroatoms. The van der Waals surface area contributed by atoms with E-state index < -0.39 is 0 Å². The summed E-state index contributed by atoms with van der Waals surface area (Å²) in [7, 11) is 0. The number of aryl methyl sites for hydroxylation is 4. The summed E-state index contributed by atoms with van der Waals surface area (Å²) >= 11 is 0. The molecule has 0 saturated heterocycles. The predicted molar refractivity (Wildman–Crippen MR) is 98.6 cm³/mol. The fourth-order valence-corrected chi connectivity index (χ4v) is 3.51. The molecule has 128 valence electrons. The van der Waals surface area contributed by atoms with Crippen LogP contribution in [0.2, 0.25) is 0 Å². The minimum atomic E-state index is 0.823. The van der Waals surface area contributed by atoms with Gasteiger partial charge in [-0.05, 0) is 25.8 Å². The minimum Gasteiger partial charge on any atom is -0.350 e. The van der Waals surface area contributed by atoms with E-state index in [9.17, 15) is 0 Å². The molecular weight excluding hydrogens is 310 g/mol. The second kappa shape index (κ2) is 6.67. The highest BCUT2D eigenvalue weighted by atomic mass is 15.2. The molecular formula is C20H23N5. The number of anilines is 1. The molecule has 0 atom stereocenters. The van der Waals surface area contributed by atoms with E-state index in [1.807, 2.05) is 20.2 Å². The van der Waals surface area contributed by atoms with Gasteiger partial charge in [-0.3, -0.25) is 0 Å². The number of aromatic nitrogens is 4. The van der Waals surface area contributed by atoms with Gasteiger partial charge in [0.05, 0.1) is 18.6 Å². The van der Waals surface area contributed by atoms with Crippen LogP contribution >= 0.6 is 0 Å². The minimum absolute atomic E-state index is 0.823. The number of rotatable bonds is 4. The van der Waals surface area contributed by atoms with Crippen LogP contribution in [0.1, 0.15) is 28.5 Å². The van der Waals surface area contributed by atoms with Crippen molar-refractivity contribution >= 4 is 5.82 Å². The van der Waals surface area contributed by atoms with Gasteiger partial charge in [0.2, 0.25) is 0 Å². The first-order chi connectivity index (χ1) is 12.2. The van der Waals surface area contributed by atoms with Crippen LogP contribution in [0.25, 0.3) is 0 Å². The van der Waals surface area contributed by atoms with E-state index in [1.165, 1.54) is 17.0 Å². The molecule has 1 aromatic carbocycles. The molecule has 1 aliphatic heterocycles. The van der Waals surface area contributed by atoms with E-state index >= 15 is 0 Å². The lowest BCUT2D eigenvalue weighted by Gasteiger charge is -2.28. The molecule has 3 heterocycles. The Labute approximate surface area is 148 Å². The summed E-state index contributed by atoms with van der Waals surface area (Å²) in [5, 5.41) is 0. The van der Waals surface area contributed by atoms with Crippen molar-refractivity contribution in [3.63, 3.8) is 0 Å². The second-order valence-electron chi connectivity index (χ2n) is 6.65. The Hall–Kier alpha value is -2.69. The van der Waals surface area contributed by atoms with Crippen molar-refractivity contribution < 1.29 is 0 Å². The van der Waals surface area contributed by atoms with Gasteiger partial charge in [0, 0.05) is 37.0 Å². The standard InChI is InChI=1S/C20H23N5/c1-15-12-20(23-16(2)22-15)24-11-9-19-18(13-24)21-14-25(19)10-8-17-6-4-3-5-7-17/h3-7,12,14H,8-11,13H2,1-2H3. The predicted octanol–water partition coefficient (Wildman–Crippen LogP) is 3.10. The third kappa shape index (κ3) is 3.40. The van der Waals surface area contributed by atoms with Crippen LogP contribution in [0.4, 0.5) is 5.82 Å². The molecule has 4 rings (SSSR count). The Morgan fingerprint density at radius 3 is 2.72 bits per heavy atom. The maximum absolute atomic E-state index is 4.67. The maximum atomic E-state index is 4.67. The molecule has 0 aliphatic carbocycles. The molecule has 2 aromatic heterocycles. The zero-order chi connectivity index (χ0) is 17.2. The summed E-state index contributed by atoms with van der Waals surface area (Å²) in [5.74, 6) is 1.84. The van der Waals surface area contributed by atoms with Crippen molar-refractivity contribution in [2.45, 2.75) is 39.8 Å². The molecule has 0 bridgehead atoms. The summed E-state index contributed by atoms with van der Waals surface area (Å²) in [6.07, 6.45) is 4.04. The van der Waals surface area contributed by atoms with Gasteiger partial charge in [0.25, 0.3) is 0 Å². The van der Waals surface area contributed by atoms with Gasteiger partial charge in [0.1, 0.15) is 11.6 Å². The van der Waals surface area contributed by atoms with Crippen molar-refractivity contribution in [3.05, 3.63) is 71.2 Å². The van der Waals surface area contributed by atoms with Crippen LogP contribution in [0.5, 0.6) is 0 Å². The van der Waals surface area contributed by atoms with E-state index in [-0.39, 0.29) is 0 Å². The van der Waals surface area contributed by atoms with Crippen molar-refractivity contribution in [1.29, 1.82) is 0 Å². The van der Waals surface area contributed by atoms with Gasteiger partial charge in [0.15, 0.2) is 0 Å². The number of fused-ring (bicyclic) bond motifs is 1. The molecule has 0 unspecified atom stereocenters. The zero-order valence-corrected chi connectivity index (χ0v) is 14.8. The zero-order valence-electron chi connectivity index (χ0n) is 14.8. The summed E-state index contributed by atoms with van der Waals surface area (Å²) in [5.41, 5.74) is 4.93. The number of benzene rings is 1. The molecule has 0 saturated carbocycles. The van der Waals surface area contributed by atoms with Crippen LogP contribution in [0, 0.1) is 13.8 Å². The van der Waals surface area contributed by atoms with Crippen LogP contribution in [-0.2, 0) is 25.9 Å². The maximum Gasteiger partial charge on any atom is 0.132 e. The van der Waals surface area contributed by atoms with Gasteiger partial charge in [-0.2, -0.15) is 0 Å². The normalized spacial score (nSPS) is 13.8. The van der Waals surface area contributed by atoms with Gasteiger partial charge < -0.3 is 9.47 Å². The fourth-order valence-electron chi connectivity index (χ4n) is 3.51. The van der Waals surface area contributed by atoms with Gasteiger partial charge in [-0.15, -0.1) is 0 Å². The van der Waals surface area contributed by atoms with Crippen molar-refractivity contribution in [3.8, 4) is 0 Å². The lowest BCUT2D eigenvalue weighted by Crippen LogP contribution is -2.32. The second-order valence-corrected chi connectivity index (χ2v) is 6.65. The van der Waals surface area contributed by atoms with Crippen molar-refractivity contribution in [2.75, 3.05) is 11.4 Å². The summed E-state index contributed by atoms with van der Waals surface area (Å²) in [4.78, 5) is 15.9. The molecule has 0 N–H and O–H groups in total. The Balaban J connectivity index is 1.48. The Kier molecular flexibility index (Phi) is 4.22. The highest BCUT2D eigenvalue weighted by Gasteiger charge is 2.22. The number of hydrogen-bond acceptors (Lipinski definition) is 4. The van der Waals surface area contributed by atoms with E-state index in [0.717, 1.165) is 49.8 Å². The SMILES string of the molecule is Cc1cc(N2CCc3c(ncn3CCc3ccccc3)C2)nc(C)n1. The number of imidazole rings is 1. The molecule has 0 spiro atoms. The monoisotopic (exact) mass is 333 g/mol. The summed E-state index contributed by atoms with van der Waals surface area (Å²) in [6.45, 7) is 6.75. The third-order valence-electron chi connectivity index (χ3n) is 4.75. The van der Waals surface area contributed by atoms with Crippen molar-refractivity contribution in [1.82, 2.24) is 19.5 Å². The van der Waals surface area contributed by atoms with Gasteiger partial charge in [-0.25, -0.2) is 15.0 Å². The Bertz CT molecular complexity index is 849. The average Bonchev–Trinajstić information content (AvgIpc) is 3.02. The third-order valence-corrected chi connectivity index (χ3v) is 4.75. The van der Waals surface area contributed by atoms with Crippen LogP contribution in [-0.4, -0.2) is 26.1 Å². The van der Waals surface area contributed by atoms with Gasteiger partial charge >= 0.3 is 0 Å². The topological polar surface area (TPSA) is 46.8 Å². The Morgan fingerprint density at radius 1 is 1.08 bits per heavy atom. The van der Waals surface area contributed by atoms with Crippen molar-refractivity contribution in [2.24, 2.45) is 0 Å².